The van der Waals surface area contributed by atoms with Gasteiger partial charge < -0.3 is 0 Å². The van der Waals surface area contributed by atoms with Crippen LogP contribution < -0.4 is 0 Å². The number of aryl methyl sites for hydroxylation is 4. The molecule has 27 heavy (non-hydrogen) atoms. The second-order valence-corrected chi connectivity index (χ2v) is 7.00. The number of rotatable bonds is 3. The smallest absolute Gasteiger partial charge is 0.187 e. The molecule has 2 aromatic heterocycles. The van der Waals surface area contributed by atoms with Crippen LogP contribution in [0.1, 0.15) is 22.3 Å². The number of fused-ring (bicyclic) bond motifs is 1. The van der Waals surface area contributed by atoms with Crippen LogP contribution in [0.15, 0.2) is 71.0 Å². The Morgan fingerprint density at radius 3 is 2.41 bits per heavy atom. The van der Waals surface area contributed by atoms with Crippen LogP contribution in [0.5, 0.6) is 0 Å². The van der Waals surface area contributed by atoms with Gasteiger partial charge in [0.25, 0.3) is 0 Å². The molecule has 4 rings (SSSR count). The van der Waals surface area contributed by atoms with E-state index in [1.54, 1.807) is 0 Å². The first-order chi connectivity index (χ1) is 13.0. The summed E-state index contributed by atoms with van der Waals surface area (Å²) in [5, 5.41) is 9.10. The molecule has 0 aliphatic carbocycles. The number of imidazole rings is 1. The Morgan fingerprint density at radius 2 is 1.63 bits per heavy atom. The van der Waals surface area contributed by atoms with Gasteiger partial charge >= 0.3 is 0 Å². The van der Waals surface area contributed by atoms with Crippen molar-refractivity contribution in [2.45, 2.75) is 27.7 Å². The highest BCUT2D eigenvalue weighted by Gasteiger charge is 2.15. The molecule has 2 aromatic carbocycles. The van der Waals surface area contributed by atoms with Gasteiger partial charge in [-0.25, -0.2) is 4.98 Å². The quantitative estimate of drug-likeness (QED) is 0.380. The Morgan fingerprint density at radius 1 is 0.778 bits per heavy atom. The lowest BCUT2D eigenvalue weighted by atomic mass is 10.0. The highest BCUT2D eigenvalue weighted by molar-refractivity contribution is 5.76. The maximum atomic E-state index is 4.83. The maximum absolute atomic E-state index is 4.83. The number of benzene rings is 2. The van der Waals surface area contributed by atoms with E-state index in [2.05, 4.69) is 68.3 Å². The van der Waals surface area contributed by atoms with Crippen LogP contribution in [0, 0.1) is 27.7 Å². The molecular formula is C23H22N4. The van der Waals surface area contributed by atoms with E-state index in [0.29, 0.717) is 0 Å². The number of nitrogens with zero attached hydrogens (tertiary/aromatic N) is 4. The van der Waals surface area contributed by atoms with Crippen LogP contribution in [0.4, 0.5) is 11.5 Å². The Labute approximate surface area is 159 Å². The average Bonchev–Trinajstić information content (AvgIpc) is 3.01. The highest BCUT2D eigenvalue weighted by atomic mass is 15.2. The van der Waals surface area contributed by atoms with Crippen molar-refractivity contribution in [3.05, 3.63) is 83.0 Å². The number of aromatic nitrogens is 2. The number of hydrogen-bond donors (Lipinski definition) is 0. The molecule has 4 nitrogen and oxygen atoms in total. The van der Waals surface area contributed by atoms with Crippen LogP contribution in [0.2, 0.25) is 0 Å². The summed E-state index contributed by atoms with van der Waals surface area (Å²) in [7, 11) is 0. The molecular weight excluding hydrogens is 332 g/mol. The van der Waals surface area contributed by atoms with Crippen LogP contribution in [-0.2, 0) is 0 Å². The SMILES string of the molecule is Cc1ccc(-c2nc3ccccn3c2N=Nc2ccc(C)c(C)c2)c(C)c1. The maximum Gasteiger partial charge on any atom is 0.187 e. The summed E-state index contributed by atoms with van der Waals surface area (Å²) in [5.41, 5.74) is 8.51. The van der Waals surface area contributed by atoms with E-state index in [4.69, 9.17) is 4.98 Å². The van der Waals surface area contributed by atoms with Gasteiger partial charge in [-0.05, 0) is 68.7 Å². The fourth-order valence-electron chi connectivity index (χ4n) is 3.23. The molecule has 0 fully saturated rings. The third-order valence-electron chi connectivity index (χ3n) is 4.89. The van der Waals surface area contributed by atoms with Crippen molar-refractivity contribution in [2.75, 3.05) is 0 Å². The van der Waals surface area contributed by atoms with Gasteiger partial charge in [-0.3, -0.25) is 4.40 Å². The lowest BCUT2D eigenvalue weighted by molar-refractivity contribution is 1.10. The molecule has 4 heteroatoms. The summed E-state index contributed by atoms with van der Waals surface area (Å²) >= 11 is 0. The Hall–Kier alpha value is -3.27. The third-order valence-corrected chi connectivity index (χ3v) is 4.89. The first-order valence-corrected chi connectivity index (χ1v) is 9.06. The molecule has 0 saturated heterocycles. The Bertz CT molecular complexity index is 1170. The van der Waals surface area contributed by atoms with Crippen molar-refractivity contribution in [3.63, 3.8) is 0 Å². The van der Waals surface area contributed by atoms with E-state index in [-0.39, 0.29) is 0 Å². The van der Waals surface area contributed by atoms with Gasteiger partial charge in [-0.15, -0.1) is 10.2 Å². The molecule has 0 aliphatic heterocycles. The predicted octanol–water partition coefficient (Wildman–Crippen LogP) is 6.65. The molecule has 2 heterocycles. The van der Waals surface area contributed by atoms with E-state index in [1.165, 1.54) is 22.3 Å². The van der Waals surface area contributed by atoms with Crippen molar-refractivity contribution in [2.24, 2.45) is 10.2 Å². The minimum atomic E-state index is 0.746. The number of hydrogen-bond acceptors (Lipinski definition) is 3. The Kier molecular flexibility index (Phi) is 4.32. The van der Waals surface area contributed by atoms with E-state index in [1.807, 2.05) is 34.9 Å². The van der Waals surface area contributed by atoms with Crippen LogP contribution in [-0.4, -0.2) is 9.38 Å². The second-order valence-electron chi connectivity index (χ2n) is 7.00. The van der Waals surface area contributed by atoms with Gasteiger partial charge in [0, 0.05) is 11.8 Å². The normalized spacial score (nSPS) is 11.6. The third kappa shape index (κ3) is 3.26. The summed E-state index contributed by atoms with van der Waals surface area (Å²) in [6, 6.07) is 18.5. The molecule has 4 aromatic rings. The molecule has 0 radical (unpaired) electrons. The molecule has 0 atom stereocenters. The van der Waals surface area contributed by atoms with Crippen LogP contribution in [0.3, 0.4) is 0 Å². The standard InChI is InChI=1S/C23H22N4/c1-15-8-11-20(18(4)13-15)22-23(27-12-6-5-7-21(27)24-22)26-25-19-10-9-16(2)17(3)14-19/h5-14H,1-4H3. The highest BCUT2D eigenvalue weighted by Crippen LogP contribution is 2.34. The first kappa shape index (κ1) is 17.2. The minimum Gasteiger partial charge on any atom is -0.283 e. The van der Waals surface area contributed by atoms with E-state index in [0.717, 1.165) is 28.4 Å². The van der Waals surface area contributed by atoms with Crippen molar-refractivity contribution < 1.29 is 0 Å². The van der Waals surface area contributed by atoms with Gasteiger partial charge in [0.1, 0.15) is 11.3 Å². The number of pyridine rings is 1. The van der Waals surface area contributed by atoms with Crippen LogP contribution in [0.25, 0.3) is 16.9 Å². The van der Waals surface area contributed by atoms with E-state index >= 15 is 0 Å². The largest absolute Gasteiger partial charge is 0.283 e. The van der Waals surface area contributed by atoms with Gasteiger partial charge in [0.15, 0.2) is 5.82 Å². The molecule has 0 aliphatic rings. The average molecular weight is 354 g/mol. The Balaban J connectivity index is 1.88. The van der Waals surface area contributed by atoms with Crippen LogP contribution >= 0.6 is 0 Å². The molecule has 0 amide bonds. The zero-order valence-corrected chi connectivity index (χ0v) is 16.1. The molecule has 0 bridgehead atoms. The van der Waals surface area contributed by atoms with Crippen molar-refractivity contribution in [3.8, 4) is 11.3 Å². The summed E-state index contributed by atoms with van der Waals surface area (Å²) in [5.74, 6) is 0.746. The zero-order valence-electron chi connectivity index (χ0n) is 16.1. The zero-order chi connectivity index (χ0) is 19.0. The monoisotopic (exact) mass is 354 g/mol. The summed E-state index contributed by atoms with van der Waals surface area (Å²) in [6.07, 6.45) is 1.98. The fourth-order valence-corrected chi connectivity index (χ4v) is 3.23. The molecule has 134 valence electrons. The first-order valence-electron chi connectivity index (χ1n) is 9.06. The number of azo groups is 1. The van der Waals surface area contributed by atoms with Crippen molar-refractivity contribution in [1.29, 1.82) is 0 Å². The van der Waals surface area contributed by atoms with Gasteiger partial charge in [0.2, 0.25) is 0 Å². The van der Waals surface area contributed by atoms with E-state index < -0.39 is 0 Å². The summed E-state index contributed by atoms with van der Waals surface area (Å²) in [6.45, 7) is 8.39. The fraction of sp³-hybridized carbons (Fsp3) is 0.174. The summed E-state index contributed by atoms with van der Waals surface area (Å²) in [4.78, 5) is 4.83. The summed E-state index contributed by atoms with van der Waals surface area (Å²) < 4.78 is 1.99. The lowest BCUT2D eigenvalue weighted by Crippen LogP contribution is -1.86. The molecule has 0 N–H and O–H groups in total. The molecule has 0 spiro atoms. The second kappa shape index (κ2) is 6.80. The minimum absolute atomic E-state index is 0.746. The molecule has 0 saturated carbocycles. The van der Waals surface area contributed by atoms with E-state index in [9.17, 15) is 0 Å². The van der Waals surface area contributed by atoms with Crippen molar-refractivity contribution >= 4 is 17.2 Å². The van der Waals surface area contributed by atoms with Gasteiger partial charge in [-0.2, -0.15) is 0 Å². The predicted molar refractivity (Wildman–Crippen MR) is 110 cm³/mol. The van der Waals surface area contributed by atoms with Gasteiger partial charge in [0.05, 0.1) is 5.69 Å². The molecule has 0 unspecified atom stereocenters. The van der Waals surface area contributed by atoms with Gasteiger partial charge in [-0.1, -0.05) is 35.9 Å². The topological polar surface area (TPSA) is 42.0 Å². The lowest BCUT2D eigenvalue weighted by Gasteiger charge is -2.05. The van der Waals surface area contributed by atoms with Crippen molar-refractivity contribution in [1.82, 2.24) is 9.38 Å².